The van der Waals surface area contributed by atoms with E-state index >= 15 is 0 Å². The molecule has 9 heteroatoms. The zero-order valence-electron chi connectivity index (χ0n) is 16.6. The van der Waals surface area contributed by atoms with Gasteiger partial charge in [0, 0.05) is 15.7 Å². The SMILES string of the molecule is O=C1N(c2ccc(Cl)cc2)C(=O)[C@@]2(SC=NN2Cc2ccccc2)N1c1ccc(Cl)cc1. The minimum absolute atomic E-state index is 0.349. The van der Waals surface area contributed by atoms with E-state index in [-0.39, 0.29) is 0 Å². The Hall–Kier alpha value is -3.00. The van der Waals surface area contributed by atoms with Crippen molar-refractivity contribution in [2.24, 2.45) is 5.10 Å². The first-order chi connectivity index (χ1) is 15.5. The molecule has 32 heavy (non-hydrogen) atoms. The molecule has 1 atom stereocenters. The fraction of sp³-hybridized carbons (Fsp3) is 0.0870. The number of hydrazone groups is 1. The van der Waals surface area contributed by atoms with Gasteiger partial charge in [-0.15, -0.1) is 0 Å². The van der Waals surface area contributed by atoms with Crippen LogP contribution in [0.5, 0.6) is 0 Å². The molecule has 1 spiro atoms. The number of thioether (sulfide) groups is 1. The molecule has 0 bridgehead atoms. The highest BCUT2D eigenvalue weighted by molar-refractivity contribution is 8.14. The molecule has 5 rings (SSSR count). The summed E-state index contributed by atoms with van der Waals surface area (Å²) in [6.45, 7) is 0.349. The van der Waals surface area contributed by atoms with Gasteiger partial charge in [-0.3, -0.25) is 9.69 Å². The second kappa shape index (κ2) is 8.16. The van der Waals surface area contributed by atoms with E-state index in [2.05, 4.69) is 5.10 Å². The van der Waals surface area contributed by atoms with E-state index in [1.54, 1.807) is 59.1 Å². The lowest BCUT2D eigenvalue weighted by molar-refractivity contribution is -0.123. The number of imide groups is 1. The number of hydrogen-bond donors (Lipinski definition) is 0. The summed E-state index contributed by atoms with van der Waals surface area (Å²) in [5.41, 5.74) is 3.54. The third-order valence-electron chi connectivity index (χ3n) is 5.27. The molecule has 0 radical (unpaired) electrons. The van der Waals surface area contributed by atoms with Gasteiger partial charge in [0.1, 0.15) is 0 Å². The molecule has 160 valence electrons. The molecule has 0 N–H and O–H groups in total. The van der Waals surface area contributed by atoms with Crippen molar-refractivity contribution in [3.8, 4) is 0 Å². The second-order valence-corrected chi connectivity index (χ2v) is 9.09. The number of amides is 3. The summed E-state index contributed by atoms with van der Waals surface area (Å²) >= 11 is 13.3. The highest BCUT2D eigenvalue weighted by Crippen LogP contribution is 2.48. The minimum Gasteiger partial charge on any atom is -0.268 e. The van der Waals surface area contributed by atoms with E-state index < -0.39 is 16.9 Å². The molecule has 2 aliphatic heterocycles. The molecule has 0 saturated carbocycles. The van der Waals surface area contributed by atoms with E-state index in [4.69, 9.17) is 23.2 Å². The third-order valence-corrected chi connectivity index (χ3v) is 6.87. The molecule has 2 heterocycles. The summed E-state index contributed by atoms with van der Waals surface area (Å²) < 4.78 is 0. The maximum absolute atomic E-state index is 13.9. The number of nitrogens with zero attached hydrogens (tertiary/aromatic N) is 4. The van der Waals surface area contributed by atoms with Crippen molar-refractivity contribution in [1.82, 2.24) is 5.01 Å². The molecular weight excluding hydrogens is 467 g/mol. The minimum atomic E-state index is -1.40. The molecule has 1 fully saturated rings. The number of carbonyl (C=O) groups is 2. The van der Waals surface area contributed by atoms with Crippen LogP contribution < -0.4 is 9.80 Å². The molecule has 0 unspecified atom stereocenters. The molecule has 2 aliphatic rings. The summed E-state index contributed by atoms with van der Waals surface area (Å²) in [5, 5.41) is 7.17. The average molecular weight is 483 g/mol. The average Bonchev–Trinajstić information content (AvgIpc) is 3.30. The van der Waals surface area contributed by atoms with Crippen molar-refractivity contribution in [3.05, 3.63) is 94.5 Å². The number of carbonyl (C=O) groups excluding carboxylic acids is 2. The van der Waals surface area contributed by atoms with Crippen molar-refractivity contribution < 1.29 is 9.59 Å². The number of benzene rings is 3. The van der Waals surface area contributed by atoms with Crippen LogP contribution in [0.2, 0.25) is 10.0 Å². The topological polar surface area (TPSA) is 56.2 Å². The second-order valence-electron chi connectivity index (χ2n) is 7.20. The van der Waals surface area contributed by atoms with Crippen molar-refractivity contribution in [2.75, 3.05) is 9.80 Å². The summed E-state index contributed by atoms with van der Waals surface area (Å²) in [5.74, 6) is -0.404. The molecule has 3 aromatic carbocycles. The summed E-state index contributed by atoms with van der Waals surface area (Å²) in [4.78, 5) is 28.9. The Balaban J connectivity index is 1.63. The van der Waals surface area contributed by atoms with Crippen LogP contribution in [0.15, 0.2) is 84.0 Å². The van der Waals surface area contributed by atoms with Gasteiger partial charge in [-0.2, -0.15) is 5.10 Å². The van der Waals surface area contributed by atoms with Crippen LogP contribution in [0.3, 0.4) is 0 Å². The highest BCUT2D eigenvalue weighted by atomic mass is 35.5. The number of hydrogen-bond acceptors (Lipinski definition) is 5. The van der Waals surface area contributed by atoms with Gasteiger partial charge in [0.15, 0.2) is 0 Å². The molecule has 0 aliphatic carbocycles. The Morgan fingerprint density at radius 1 is 0.812 bits per heavy atom. The maximum Gasteiger partial charge on any atom is 0.339 e. The van der Waals surface area contributed by atoms with E-state index in [0.29, 0.717) is 28.0 Å². The largest absolute Gasteiger partial charge is 0.339 e. The standard InChI is InChI=1S/C23H16Cl2N4O2S/c24-17-6-10-19(11-7-17)28-21(30)23(29(22(28)31)20-12-8-18(25)9-13-20)27(26-15-32-23)14-16-4-2-1-3-5-16/h1-13,15H,14H2/t23-/m0/s1. The van der Waals surface area contributed by atoms with E-state index in [9.17, 15) is 9.59 Å². The Labute approximate surface area is 199 Å². The van der Waals surface area contributed by atoms with Gasteiger partial charge >= 0.3 is 6.03 Å². The highest BCUT2D eigenvalue weighted by Gasteiger charge is 2.64. The Morgan fingerprint density at radius 2 is 1.41 bits per heavy atom. The smallest absolute Gasteiger partial charge is 0.268 e. The predicted octanol–water partition coefficient (Wildman–Crippen LogP) is 5.81. The summed E-state index contributed by atoms with van der Waals surface area (Å²) in [6, 6.07) is 22.6. The Kier molecular flexibility index (Phi) is 5.33. The van der Waals surface area contributed by atoms with E-state index in [1.165, 1.54) is 21.6 Å². The number of halogens is 2. The summed E-state index contributed by atoms with van der Waals surface area (Å²) in [7, 11) is 0. The normalized spacial score (nSPS) is 20.1. The molecule has 3 aromatic rings. The Morgan fingerprint density at radius 3 is 2.03 bits per heavy atom. The van der Waals surface area contributed by atoms with Crippen molar-refractivity contribution in [1.29, 1.82) is 0 Å². The zero-order chi connectivity index (χ0) is 22.3. The van der Waals surface area contributed by atoms with Crippen molar-refractivity contribution in [3.63, 3.8) is 0 Å². The van der Waals surface area contributed by atoms with Crippen molar-refractivity contribution >= 4 is 63.8 Å². The first-order valence-electron chi connectivity index (χ1n) is 9.72. The molecule has 1 saturated heterocycles. The molecule has 0 aromatic heterocycles. The van der Waals surface area contributed by atoms with Crippen LogP contribution in [0, 0.1) is 0 Å². The van der Waals surface area contributed by atoms with Crippen LogP contribution in [0.1, 0.15) is 5.56 Å². The lowest BCUT2D eigenvalue weighted by atomic mass is 10.2. The van der Waals surface area contributed by atoms with Gasteiger partial charge < -0.3 is 0 Å². The van der Waals surface area contributed by atoms with Crippen LogP contribution in [0.4, 0.5) is 16.2 Å². The van der Waals surface area contributed by atoms with Crippen LogP contribution in [0.25, 0.3) is 0 Å². The van der Waals surface area contributed by atoms with Crippen LogP contribution >= 0.6 is 35.0 Å². The van der Waals surface area contributed by atoms with Gasteiger partial charge in [0.2, 0.25) is 0 Å². The van der Waals surface area contributed by atoms with Gasteiger partial charge in [0.05, 0.1) is 17.8 Å². The van der Waals surface area contributed by atoms with E-state index in [0.717, 1.165) is 5.56 Å². The number of rotatable bonds is 4. The quantitative estimate of drug-likeness (QED) is 0.440. The van der Waals surface area contributed by atoms with Crippen LogP contribution in [-0.2, 0) is 11.3 Å². The van der Waals surface area contributed by atoms with Crippen LogP contribution in [-0.4, -0.2) is 27.5 Å². The zero-order valence-corrected chi connectivity index (χ0v) is 18.9. The number of anilines is 2. The van der Waals surface area contributed by atoms with Crippen molar-refractivity contribution in [2.45, 2.75) is 11.5 Å². The van der Waals surface area contributed by atoms with E-state index in [1.807, 2.05) is 30.3 Å². The monoisotopic (exact) mass is 482 g/mol. The predicted molar refractivity (Wildman–Crippen MR) is 129 cm³/mol. The van der Waals surface area contributed by atoms with Gasteiger partial charge in [-0.25, -0.2) is 14.7 Å². The molecular formula is C23H16Cl2N4O2S. The Bertz CT molecular complexity index is 1200. The first-order valence-corrected chi connectivity index (χ1v) is 11.4. The fourth-order valence-electron chi connectivity index (χ4n) is 3.78. The van der Waals surface area contributed by atoms with Gasteiger partial charge in [-0.05, 0) is 65.9 Å². The fourth-order valence-corrected chi connectivity index (χ4v) is 5.05. The third kappa shape index (κ3) is 3.33. The lowest BCUT2D eigenvalue weighted by Gasteiger charge is -2.37. The number of urea groups is 1. The van der Waals surface area contributed by atoms with Gasteiger partial charge in [0.25, 0.3) is 10.9 Å². The lowest BCUT2D eigenvalue weighted by Crippen LogP contribution is -2.56. The maximum atomic E-state index is 13.9. The first kappa shape index (κ1) is 20.9. The summed E-state index contributed by atoms with van der Waals surface area (Å²) in [6.07, 6.45) is 0. The molecule has 3 amide bonds. The van der Waals surface area contributed by atoms with Gasteiger partial charge in [-0.1, -0.05) is 53.5 Å². The molecule has 6 nitrogen and oxygen atoms in total.